The molecule has 3 heterocycles. The van der Waals surface area contributed by atoms with Crippen molar-refractivity contribution in [2.45, 2.75) is 26.2 Å². The van der Waals surface area contributed by atoms with Gasteiger partial charge in [-0.25, -0.2) is 4.98 Å². The van der Waals surface area contributed by atoms with Crippen molar-refractivity contribution in [3.63, 3.8) is 0 Å². The number of fused-ring (bicyclic) bond motifs is 1. The Kier molecular flexibility index (Phi) is 7.59. The van der Waals surface area contributed by atoms with E-state index in [2.05, 4.69) is 37.6 Å². The van der Waals surface area contributed by atoms with Crippen LogP contribution in [0.5, 0.6) is 11.5 Å². The van der Waals surface area contributed by atoms with Gasteiger partial charge in [-0.15, -0.1) is 0 Å². The van der Waals surface area contributed by atoms with E-state index in [9.17, 15) is 9.59 Å². The van der Waals surface area contributed by atoms with Crippen LogP contribution in [0.25, 0.3) is 11.0 Å². The van der Waals surface area contributed by atoms with E-state index >= 15 is 0 Å². The van der Waals surface area contributed by atoms with Gasteiger partial charge in [0.2, 0.25) is 11.9 Å². The molecular weight excluding hydrogens is 548 g/mol. The van der Waals surface area contributed by atoms with Crippen molar-refractivity contribution in [1.82, 2.24) is 24.8 Å². The Balaban J connectivity index is 1.22. The summed E-state index contributed by atoms with van der Waals surface area (Å²) in [5.74, 6) is 1.75. The molecule has 0 radical (unpaired) electrons. The molecule has 2 N–H and O–H groups in total. The van der Waals surface area contributed by atoms with Crippen LogP contribution in [-0.4, -0.2) is 50.9 Å². The first-order chi connectivity index (χ1) is 18.4. The number of halogens is 1. The Morgan fingerprint density at radius 1 is 1.13 bits per heavy atom. The minimum atomic E-state index is -0.276. The summed E-state index contributed by atoms with van der Waals surface area (Å²) in [6.45, 7) is 3.98. The van der Waals surface area contributed by atoms with E-state index in [1.165, 1.54) is 0 Å². The van der Waals surface area contributed by atoms with Crippen LogP contribution in [0.2, 0.25) is 0 Å². The van der Waals surface area contributed by atoms with Crippen LogP contribution in [0.1, 0.15) is 35.3 Å². The van der Waals surface area contributed by atoms with Crippen LogP contribution < -0.4 is 15.4 Å². The summed E-state index contributed by atoms with van der Waals surface area (Å²) >= 11 is 3.53. The predicted octanol–water partition coefficient (Wildman–Crippen LogP) is 5.32. The molecule has 1 aliphatic heterocycles. The number of imidazole rings is 1. The summed E-state index contributed by atoms with van der Waals surface area (Å²) in [5.41, 5.74) is 4.10. The van der Waals surface area contributed by atoms with Gasteiger partial charge in [0.1, 0.15) is 17.2 Å². The Labute approximate surface area is 229 Å². The molecule has 0 bridgehead atoms. The van der Waals surface area contributed by atoms with Gasteiger partial charge in [-0.1, -0.05) is 15.9 Å². The molecule has 4 aromatic rings. The van der Waals surface area contributed by atoms with E-state index in [1.54, 1.807) is 18.3 Å². The third-order valence-electron chi connectivity index (χ3n) is 6.53. The maximum atomic E-state index is 12.6. The van der Waals surface area contributed by atoms with E-state index in [0.717, 1.165) is 45.7 Å². The summed E-state index contributed by atoms with van der Waals surface area (Å²) in [4.78, 5) is 35.1. The molecule has 1 saturated heterocycles. The highest BCUT2D eigenvalue weighted by Crippen LogP contribution is 2.29. The van der Waals surface area contributed by atoms with Crippen LogP contribution in [-0.2, 0) is 11.8 Å². The zero-order valence-corrected chi connectivity index (χ0v) is 22.9. The molecule has 38 heavy (non-hydrogen) atoms. The van der Waals surface area contributed by atoms with Gasteiger partial charge < -0.3 is 24.8 Å². The van der Waals surface area contributed by atoms with Gasteiger partial charge in [-0.05, 0) is 61.7 Å². The van der Waals surface area contributed by atoms with Crippen LogP contribution in [0.3, 0.4) is 0 Å². The third-order valence-corrected chi connectivity index (χ3v) is 7.42. The minimum Gasteiger partial charge on any atom is -0.457 e. The zero-order chi connectivity index (χ0) is 26.6. The maximum Gasteiger partial charge on any atom is 0.270 e. The van der Waals surface area contributed by atoms with Crippen molar-refractivity contribution in [2.24, 2.45) is 7.05 Å². The summed E-state index contributed by atoms with van der Waals surface area (Å²) in [5, 5.41) is 6.25. The van der Waals surface area contributed by atoms with Gasteiger partial charge in [0.15, 0.2) is 0 Å². The normalized spacial score (nSPS) is 13.2. The Morgan fingerprint density at radius 2 is 1.97 bits per heavy atom. The second-order valence-electron chi connectivity index (χ2n) is 9.31. The monoisotopic (exact) mass is 576 g/mol. The number of carbonyl (C=O) groups is 2. The summed E-state index contributed by atoms with van der Waals surface area (Å²) in [6.07, 6.45) is 3.80. The van der Waals surface area contributed by atoms with Crippen molar-refractivity contribution >= 4 is 50.4 Å². The number of hydrogen-bond donors (Lipinski definition) is 2. The predicted molar refractivity (Wildman–Crippen MR) is 150 cm³/mol. The average molecular weight is 577 g/mol. The number of carbonyl (C=O) groups excluding carboxylic acids is 2. The number of hydrogen-bond acceptors (Lipinski definition) is 6. The molecule has 2 aromatic carbocycles. The number of likely N-dealkylation sites (tertiary alicyclic amines) is 1. The lowest BCUT2D eigenvalue weighted by Crippen LogP contribution is -2.30. The molecule has 0 spiro atoms. The number of rotatable bonds is 9. The zero-order valence-electron chi connectivity index (χ0n) is 21.3. The average Bonchev–Trinajstić information content (AvgIpc) is 3.45. The third kappa shape index (κ3) is 5.80. The number of aryl methyl sites for hydroxylation is 2. The fraction of sp³-hybridized carbons (Fsp3) is 0.286. The topological polar surface area (TPSA) is 101 Å². The highest BCUT2D eigenvalue weighted by Gasteiger charge is 2.19. The number of aromatic nitrogens is 3. The summed E-state index contributed by atoms with van der Waals surface area (Å²) in [7, 11) is 1.96. The van der Waals surface area contributed by atoms with E-state index in [0.29, 0.717) is 37.4 Å². The largest absolute Gasteiger partial charge is 0.457 e. The van der Waals surface area contributed by atoms with Crippen LogP contribution in [0, 0.1) is 6.92 Å². The lowest BCUT2D eigenvalue weighted by atomic mass is 10.2. The quantitative estimate of drug-likeness (QED) is 0.261. The van der Waals surface area contributed by atoms with E-state index in [1.807, 2.05) is 53.8 Å². The summed E-state index contributed by atoms with van der Waals surface area (Å²) in [6, 6.07) is 15.1. The van der Waals surface area contributed by atoms with E-state index in [-0.39, 0.29) is 17.5 Å². The van der Waals surface area contributed by atoms with Crippen molar-refractivity contribution in [1.29, 1.82) is 0 Å². The van der Waals surface area contributed by atoms with Crippen LogP contribution in [0.15, 0.2) is 59.2 Å². The molecule has 2 amide bonds. The minimum absolute atomic E-state index is 0.193. The first kappa shape index (κ1) is 25.7. The molecule has 0 unspecified atom stereocenters. The van der Waals surface area contributed by atoms with Crippen LogP contribution in [0.4, 0.5) is 11.6 Å². The summed E-state index contributed by atoms with van der Waals surface area (Å²) < 4.78 is 9.09. The number of anilines is 2. The second kappa shape index (κ2) is 11.2. The SMILES string of the molecule is Cc1cc(Nc2nc3cc(Oc4ccnc(C(=O)NCCCN5CCCC5=O)c4)ccc3n2C)ccc1Br. The maximum absolute atomic E-state index is 12.6. The standard InChI is InChI=1S/C28H29BrN6O3/c1-18-15-19(6-8-22(18)29)32-28-33-23-16-20(7-9-25(23)34(28)2)38-21-10-12-30-24(17-21)27(37)31-11-4-14-35-13-3-5-26(35)36/h6-10,12,15-17H,3-5,11,13-14H2,1-2H3,(H,31,37)(H,32,33). The molecule has 1 aliphatic rings. The fourth-order valence-electron chi connectivity index (χ4n) is 4.44. The fourth-order valence-corrected chi connectivity index (χ4v) is 4.69. The van der Waals surface area contributed by atoms with Crippen molar-refractivity contribution in [3.8, 4) is 11.5 Å². The molecule has 10 heteroatoms. The van der Waals surface area contributed by atoms with Gasteiger partial charge in [-0.3, -0.25) is 14.6 Å². The Morgan fingerprint density at radius 3 is 2.76 bits per heavy atom. The Bertz CT molecular complexity index is 1500. The molecule has 196 valence electrons. The highest BCUT2D eigenvalue weighted by molar-refractivity contribution is 9.10. The van der Waals surface area contributed by atoms with Gasteiger partial charge in [0.05, 0.1) is 11.0 Å². The highest BCUT2D eigenvalue weighted by atomic mass is 79.9. The van der Waals surface area contributed by atoms with Crippen molar-refractivity contribution in [3.05, 3.63) is 70.5 Å². The number of nitrogens with zero attached hydrogens (tertiary/aromatic N) is 4. The molecule has 0 saturated carbocycles. The van der Waals surface area contributed by atoms with Crippen molar-refractivity contribution < 1.29 is 14.3 Å². The van der Waals surface area contributed by atoms with Crippen molar-refractivity contribution in [2.75, 3.05) is 25.0 Å². The molecular formula is C28H29BrN6O3. The number of nitrogens with one attached hydrogen (secondary N) is 2. The molecule has 0 atom stereocenters. The molecule has 1 fully saturated rings. The van der Waals surface area contributed by atoms with Crippen LogP contribution >= 0.6 is 15.9 Å². The number of benzene rings is 2. The molecule has 0 aliphatic carbocycles. The van der Waals surface area contributed by atoms with Gasteiger partial charge >= 0.3 is 0 Å². The number of ether oxygens (including phenoxy) is 1. The first-order valence-corrected chi connectivity index (χ1v) is 13.4. The Hall–Kier alpha value is -3.92. The van der Waals surface area contributed by atoms with Gasteiger partial charge in [0, 0.05) is 61.6 Å². The first-order valence-electron chi connectivity index (χ1n) is 12.6. The molecule has 2 aromatic heterocycles. The number of pyridine rings is 1. The molecule has 5 rings (SSSR count). The second-order valence-corrected chi connectivity index (χ2v) is 10.2. The lowest BCUT2D eigenvalue weighted by molar-refractivity contribution is -0.127. The smallest absolute Gasteiger partial charge is 0.270 e. The number of amides is 2. The lowest BCUT2D eigenvalue weighted by Gasteiger charge is -2.15. The van der Waals surface area contributed by atoms with Gasteiger partial charge in [0.25, 0.3) is 5.91 Å². The van der Waals surface area contributed by atoms with E-state index in [4.69, 9.17) is 9.72 Å². The van der Waals surface area contributed by atoms with E-state index < -0.39 is 0 Å². The molecule has 9 nitrogen and oxygen atoms in total. The van der Waals surface area contributed by atoms with Gasteiger partial charge in [-0.2, -0.15) is 0 Å².